The molecule has 0 aromatic heterocycles. The molecule has 1 aliphatic rings. The van der Waals surface area contributed by atoms with Crippen molar-refractivity contribution in [1.29, 1.82) is 0 Å². The van der Waals surface area contributed by atoms with E-state index >= 15 is 0 Å². The predicted molar refractivity (Wildman–Crippen MR) is 120 cm³/mol. The molecule has 0 bridgehead atoms. The molecule has 0 spiro atoms. The lowest BCUT2D eigenvalue weighted by atomic mass is 9.93. The van der Waals surface area contributed by atoms with Gasteiger partial charge in [0.25, 0.3) is 0 Å². The number of benzene rings is 2. The number of amides is 1. The summed E-state index contributed by atoms with van der Waals surface area (Å²) in [4.78, 5) is 25.6. The Kier molecular flexibility index (Phi) is 7.43. The Labute approximate surface area is 192 Å². The molecule has 3 atom stereocenters. The number of methoxy groups -OCH3 is 2. The average Bonchev–Trinajstić information content (AvgIpc) is 3.19. The van der Waals surface area contributed by atoms with Gasteiger partial charge >= 0.3 is 5.97 Å². The summed E-state index contributed by atoms with van der Waals surface area (Å²) >= 11 is 6.11. The molecule has 0 aliphatic carbocycles. The van der Waals surface area contributed by atoms with Gasteiger partial charge in [0, 0.05) is 11.6 Å². The summed E-state index contributed by atoms with van der Waals surface area (Å²) in [6, 6.07) is 11.7. The van der Waals surface area contributed by atoms with Crippen molar-refractivity contribution < 1.29 is 27.5 Å². The Hall–Kier alpha value is -2.62. The van der Waals surface area contributed by atoms with Crippen LogP contribution < -0.4 is 10.1 Å². The van der Waals surface area contributed by atoms with Gasteiger partial charge in [-0.05, 0) is 41.8 Å². The molecular formula is C22H25ClN2O6S. The van der Waals surface area contributed by atoms with Gasteiger partial charge in [0.1, 0.15) is 11.8 Å². The quantitative estimate of drug-likeness (QED) is 0.611. The van der Waals surface area contributed by atoms with Gasteiger partial charge in [-0.3, -0.25) is 9.59 Å². The van der Waals surface area contributed by atoms with Crippen LogP contribution in [0.5, 0.6) is 5.75 Å². The molecule has 3 unspecified atom stereocenters. The van der Waals surface area contributed by atoms with Crippen LogP contribution in [0.2, 0.25) is 5.02 Å². The Balaban J connectivity index is 1.91. The van der Waals surface area contributed by atoms with Gasteiger partial charge in [0.2, 0.25) is 15.9 Å². The number of hydrogen-bond acceptors (Lipinski definition) is 6. The van der Waals surface area contributed by atoms with Gasteiger partial charge in [-0.1, -0.05) is 35.9 Å². The second kappa shape index (κ2) is 9.89. The minimum absolute atomic E-state index is 0.00856. The van der Waals surface area contributed by atoms with E-state index in [1.165, 1.54) is 7.11 Å². The minimum atomic E-state index is -3.87. The van der Waals surface area contributed by atoms with Crippen LogP contribution in [0, 0.1) is 5.92 Å². The third-order valence-corrected chi connectivity index (χ3v) is 6.93. The average molecular weight is 481 g/mol. The number of halogens is 1. The van der Waals surface area contributed by atoms with Crippen molar-refractivity contribution in [3.8, 4) is 5.75 Å². The monoisotopic (exact) mass is 480 g/mol. The number of sulfonamides is 1. The fourth-order valence-electron chi connectivity index (χ4n) is 4.00. The predicted octanol–water partition coefficient (Wildman–Crippen LogP) is 2.53. The number of hydrogen-bond donors (Lipinski definition) is 1. The molecule has 0 radical (unpaired) electrons. The van der Waals surface area contributed by atoms with Crippen LogP contribution in [0.1, 0.15) is 23.6 Å². The van der Waals surface area contributed by atoms with Gasteiger partial charge in [-0.25, -0.2) is 8.42 Å². The highest BCUT2D eigenvalue weighted by atomic mass is 35.5. The maximum Gasteiger partial charge on any atom is 0.310 e. The van der Waals surface area contributed by atoms with Crippen molar-refractivity contribution in [1.82, 2.24) is 9.62 Å². The molecule has 1 N–H and O–H groups in total. The number of ether oxygens (including phenoxy) is 2. The van der Waals surface area contributed by atoms with Gasteiger partial charge in [-0.2, -0.15) is 4.31 Å². The Morgan fingerprint density at radius 2 is 1.84 bits per heavy atom. The molecule has 3 rings (SSSR count). The summed E-state index contributed by atoms with van der Waals surface area (Å²) in [7, 11) is -1.07. The normalized spacial score (nSPS) is 21.2. The van der Waals surface area contributed by atoms with Crippen molar-refractivity contribution in [2.24, 2.45) is 5.92 Å². The zero-order valence-corrected chi connectivity index (χ0v) is 19.5. The van der Waals surface area contributed by atoms with Crippen LogP contribution in [-0.4, -0.2) is 51.1 Å². The summed E-state index contributed by atoms with van der Waals surface area (Å²) in [5, 5.41) is 3.17. The second-order valence-electron chi connectivity index (χ2n) is 7.54. The van der Waals surface area contributed by atoms with E-state index in [9.17, 15) is 18.0 Å². The number of esters is 1. The molecule has 1 amide bonds. The zero-order valence-electron chi connectivity index (χ0n) is 17.9. The highest BCUT2D eigenvalue weighted by Gasteiger charge is 2.52. The molecule has 1 heterocycles. The van der Waals surface area contributed by atoms with E-state index in [-0.39, 0.29) is 13.0 Å². The van der Waals surface area contributed by atoms with Crippen molar-refractivity contribution in [3.05, 3.63) is 64.7 Å². The minimum Gasteiger partial charge on any atom is -0.497 e. The van der Waals surface area contributed by atoms with Crippen LogP contribution in [0.4, 0.5) is 0 Å². The molecule has 2 aromatic carbocycles. The Morgan fingerprint density at radius 1 is 1.16 bits per heavy atom. The molecule has 1 saturated heterocycles. The van der Waals surface area contributed by atoms with Crippen molar-refractivity contribution in [3.63, 3.8) is 0 Å². The number of nitrogens with zero attached hydrogens (tertiary/aromatic N) is 1. The lowest BCUT2D eigenvalue weighted by molar-refractivity contribution is -0.146. The van der Waals surface area contributed by atoms with Crippen LogP contribution >= 0.6 is 11.6 Å². The first kappa shape index (κ1) is 24.0. The van der Waals surface area contributed by atoms with Crippen molar-refractivity contribution in [2.75, 3.05) is 20.5 Å². The fourth-order valence-corrected chi connectivity index (χ4v) is 5.53. The zero-order chi connectivity index (χ0) is 23.5. The van der Waals surface area contributed by atoms with E-state index in [4.69, 9.17) is 21.1 Å². The number of rotatable bonds is 7. The lowest BCUT2D eigenvalue weighted by Gasteiger charge is -2.29. The summed E-state index contributed by atoms with van der Waals surface area (Å²) in [5.41, 5.74) is 1.34. The molecule has 172 valence electrons. The number of nitrogens with one attached hydrogen (secondary N) is 1. The highest BCUT2D eigenvalue weighted by molar-refractivity contribution is 7.88. The summed E-state index contributed by atoms with van der Waals surface area (Å²) < 4.78 is 36.7. The number of carbonyl (C=O) groups is 2. The largest absolute Gasteiger partial charge is 0.497 e. The summed E-state index contributed by atoms with van der Waals surface area (Å²) in [5.74, 6) is -1.26. The van der Waals surface area contributed by atoms with Crippen LogP contribution in [0.3, 0.4) is 0 Å². The Bertz CT molecular complexity index is 1090. The summed E-state index contributed by atoms with van der Waals surface area (Å²) in [6.45, 7) is 0.196. The van der Waals surface area contributed by atoms with Crippen LogP contribution in [0.15, 0.2) is 48.5 Å². The molecule has 32 heavy (non-hydrogen) atoms. The number of carbonyl (C=O) groups excluding carboxylic acids is 2. The SMILES string of the molecule is COC(=O)C1CC(C(=O)NCc2ccc(OC)cc2)N(S(C)(=O)=O)C1c1cccc(Cl)c1. The van der Waals surface area contributed by atoms with E-state index in [1.54, 1.807) is 55.6 Å². The molecule has 0 saturated carbocycles. The first-order chi connectivity index (χ1) is 15.2. The molecular weight excluding hydrogens is 456 g/mol. The van der Waals surface area contributed by atoms with E-state index in [1.807, 2.05) is 0 Å². The van der Waals surface area contributed by atoms with E-state index in [0.29, 0.717) is 16.3 Å². The third-order valence-electron chi connectivity index (χ3n) is 5.45. The standard InChI is InChI=1S/C22H25ClN2O6S/c1-30-17-9-7-14(8-10-17)13-24-21(26)19-12-18(22(27)31-2)20(25(19)32(3,28)29)15-5-4-6-16(23)11-15/h4-11,18-20H,12-13H2,1-3H3,(H,24,26). The molecule has 8 nitrogen and oxygen atoms in total. The van der Waals surface area contributed by atoms with Crippen LogP contribution in [-0.2, 0) is 30.9 Å². The second-order valence-corrected chi connectivity index (χ2v) is 9.86. The van der Waals surface area contributed by atoms with Crippen molar-refractivity contribution in [2.45, 2.75) is 25.0 Å². The molecule has 1 fully saturated rings. The van der Waals surface area contributed by atoms with E-state index < -0.39 is 39.9 Å². The molecule has 10 heteroatoms. The topological polar surface area (TPSA) is 102 Å². The van der Waals surface area contributed by atoms with Gasteiger partial charge < -0.3 is 14.8 Å². The van der Waals surface area contributed by atoms with Gasteiger partial charge in [0.05, 0.1) is 32.4 Å². The van der Waals surface area contributed by atoms with Crippen molar-refractivity contribution >= 4 is 33.5 Å². The highest BCUT2D eigenvalue weighted by Crippen LogP contribution is 2.44. The molecule has 1 aliphatic heterocycles. The first-order valence-corrected chi connectivity index (χ1v) is 12.1. The van der Waals surface area contributed by atoms with Crippen LogP contribution in [0.25, 0.3) is 0 Å². The third kappa shape index (κ3) is 5.23. The van der Waals surface area contributed by atoms with E-state index in [0.717, 1.165) is 16.1 Å². The summed E-state index contributed by atoms with van der Waals surface area (Å²) in [6.07, 6.45) is 1.01. The smallest absolute Gasteiger partial charge is 0.310 e. The van der Waals surface area contributed by atoms with Gasteiger partial charge in [0.15, 0.2) is 0 Å². The van der Waals surface area contributed by atoms with E-state index in [2.05, 4.69) is 5.32 Å². The lowest BCUT2D eigenvalue weighted by Crippen LogP contribution is -2.46. The maximum atomic E-state index is 13.1. The fraction of sp³-hybridized carbons (Fsp3) is 0.364. The van der Waals surface area contributed by atoms with Gasteiger partial charge in [-0.15, -0.1) is 0 Å². The maximum absolute atomic E-state index is 13.1. The first-order valence-electron chi connectivity index (χ1n) is 9.88. The Morgan fingerprint density at radius 3 is 2.41 bits per heavy atom. The molecule has 2 aromatic rings.